The maximum Gasteiger partial charge on any atom is 0.238 e. The van der Waals surface area contributed by atoms with Crippen molar-refractivity contribution in [2.75, 3.05) is 31.5 Å². The molecule has 0 spiro atoms. The van der Waals surface area contributed by atoms with E-state index in [1.807, 2.05) is 18.2 Å². The summed E-state index contributed by atoms with van der Waals surface area (Å²) in [6, 6.07) is 8.04. The standard InChI is InChI=1S/C18H29N3O/c1-17(2,3)14-7-5-6-8-15(14)20-16(22)11-21-10-9-18(4,12-19)13-21/h5-8H,9-13,19H2,1-4H3,(H,20,22). The summed E-state index contributed by atoms with van der Waals surface area (Å²) in [5.74, 6) is 0.0537. The molecule has 1 heterocycles. The second-order valence-electron chi connectivity index (χ2n) is 7.82. The van der Waals surface area contributed by atoms with Crippen LogP contribution in [-0.2, 0) is 10.2 Å². The van der Waals surface area contributed by atoms with Gasteiger partial charge in [-0.05, 0) is 42.0 Å². The lowest BCUT2D eigenvalue weighted by atomic mass is 9.86. The van der Waals surface area contributed by atoms with Crippen molar-refractivity contribution < 1.29 is 4.79 Å². The van der Waals surface area contributed by atoms with Gasteiger partial charge in [-0.25, -0.2) is 0 Å². The Kier molecular flexibility index (Phi) is 4.93. The van der Waals surface area contributed by atoms with E-state index >= 15 is 0 Å². The lowest BCUT2D eigenvalue weighted by Gasteiger charge is -2.24. The summed E-state index contributed by atoms with van der Waals surface area (Å²) >= 11 is 0. The zero-order chi connectivity index (χ0) is 16.4. The van der Waals surface area contributed by atoms with Crippen LogP contribution in [0.5, 0.6) is 0 Å². The highest BCUT2D eigenvalue weighted by atomic mass is 16.2. The largest absolute Gasteiger partial charge is 0.330 e. The Labute approximate surface area is 134 Å². The molecule has 1 atom stereocenters. The monoisotopic (exact) mass is 303 g/mol. The van der Waals surface area contributed by atoms with Crippen LogP contribution in [-0.4, -0.2) is 37.0 Å². The fraction of sp³-hybridized carbons (Fsp3) is 0.611. The van der Waals surface area contributed by atoms with E-state index in [-0.39, 0.29) is 16.7 Å². The van der Waals surface area contributed by atoms with Crippen LogP contribution in [0.15, 0.2) is 24.3 Å². The average Bonchev–Trinajstić information content (AvgIpc) is 2.80. The van der Waals surface area contributed by atoms with Crippen molar-refractivity contribution in [2.24, 2.45) is 11.1 Å². The van der Waals surface area contributed by atoms with Gasteiger partial charge < -0.3 is 11.1 Å². The van der Waals surface area contributed by atoms with Gasteiger partial charge in [0.05, 0.1) is 6.54 Å². The molecule has 0 bridgehead atoms. The highest BCUT2D eigenvalue weighted by Gasteiger charge is 2.33. The molecule has 1 aromatic rings. The minimum absolute atomic E-state index is 0.00956. The molecule has 4 heteroatoms. The van der Waals surface area contributed by atoms with Gasteiger partial charge in [0.15, 0.2) is 0 Å². The van der Waals surface area contributed by atoms with Crippen LogP contribution in [0.25, 0.3) is 0 Å². The number of likely N-dealkylation sites (tertiary alicyclic amines) is 1. The third-order valence-electron chi connectivity index (χ3n) is 4.51. The summed E-state index contributed by atoms with van der Waals surface area (Å²) in [7, 11) is 0. The second-order valence-corrected chi connectivity index (χ2v) is 7.82. The lowest BCUT2D eigenvalue weighted by Crippen LogP contribution is -2.35. The molecular weight excluding hydrogens is 274 g/mol. The molecule has 1 aliphatic heterocycles. The molecule has 1 fully saturated rings. The number of carbonyl (C=O) groups excluding carboxylic acids is 1. The number of benzene rings is 1. The van der Waals surface area contributed by atoms with Crippen LogP contribution < -0.4 is 11.1 Å². The number of para-hydroxylation sites is 1. The molecular formula is C18H29N3O. The highest BCUT2D eigenvalue weighted by molar-refractivity contribution is 5.93. The number of rotatable bonds is 4. The van der Waals surface area contributed by atoms with Crippen molar-refractivity contribution in [3.8, 4) is 0 Å². The van der Waals surface area contributed by atoms with Crippen molar-refractivity contribution in [2.45, 2.75) is 39.5 Å². The topological polar surface area (TPSA) is 58.4 Å². The van der Waals surface area contributed by atoms with E-state index in [4.69, 9.17) is 5.73 Å². The van der Waals surface area contributed by atoms with Crippen molar-refractivity contribution in [1.82, 2.24) is 4.90 Å². The molecule has 3 N–H and O–H groups in total. The first-order valence-corrected chi connectivity index (χ1v) is 8.05. The number of nitrogens with zero attached hydrogens (tertiary/aromatic N) is 1. The number of nitrogens with one attached hydrogen (secondary N) is 1. The zero-order valence-electron chi connectivity index (χ0n) is 14.3. The maximum atomic E-state index is 12.4. The molecule has 2 rings (SSSR count). The van der Waals surface area contributed by atoms with Gasteiger partial charge in [0.25, 0.3) is 0 Å². The molecule has 1 aromatic carbocycles. The van der Waals surface area contributed by atoms with Crippen LogP contribution >= 0.6 is 0 Å². The first-order chi connectivity index (χ1) is 10.2. The third kappa shape index (κ3) is 4.08. The first kappa shape index (κ1) is 17.0. The van der Waals surface area contributed by atoms with E-state index < -0.39 is 0 Å². The van der Waals surface area contributed by atoms with Crippen molar-refractivity contribution in [1.29, 1.82) is 0 Å². The molecule has 1 aliphatic rings. The molecule has 1 unspecified atom stereocenters. The SMILES string of the molecule is CC1(CN)CCN(CC(=O)Nc2ccccc2C(C)(C)C)C1. The van der Waals surface area contributed by atoms with E-state index in [1.165, 1.54) is 0 Å². The van der Waals surface area contributed by atoms with E-state index in [9.17, 15) is 4.79 Å². The number of hydrogen-bond acceptors (Lipinski definition) is 3. The van der Waals surface area contributed by atoms with Gasteiger partial charge >= 0.3 is 0 Å². The number of carbonyl (C=O) groups is 1. The average molecular weight is 303 g/mol. The predicted octanol–water partition coefficient (Wildman–Crippen LogP) is 2.59. The van der Waals surface area contributed by atoms with Gasteiger partial charge in [-0.2, -0.15) is 0 Å². The third-order valence-corrected chi connectivity index (χ3v) is 4.51. The van der Waals surface area contributed by atoms with Gasteiger partial charge in [0, 0.05) is 12.2 Å². The van der Waals surface area contributed by atoms with Crippen molar-refractivity contribution in [3.63, 3.8) is 0 Å². The fourth-order valence-corrected chi connectivity index (χ4v) is 3.07. The number of nitrogens with two attached hydrogens (primary N) is 1. The molecule has 22 heavy (non-hydrogen) atoms. The summed E-state index contributed by atoms with van der Waals surface area (Å²) in [6.45, 7) is 11.6. The molecule has 0 aliphatic carbocycles. The quantitative estimate of drug-likeness (QED) is 0.899. The van der Waals surface area contributed by atoms with E-state index in [0.717, 1.165) is 30.8 Å². The Bertz CT molecular complexity index is 535. The Morgan fingerprint density at radius 3 is 2.64 bits per heavy atom. The van der Waals surface area contributed by atoms with E-state index in [2.05, 4.69) is 44.0 Å². The number of anilines is 1. The Morgan fingerprint density at radius 1 is 1.36 bits per heavy atom. The Morgan fingerprint density at radius 2 is 2.05 bits per heavy atom. The number of hydrogen-bond donors (Lipinski definition) is 2. The van der Waals surface area contributed by atoms with Gasteiger partial charge in [-0.1, -0.05) is 45.9 Å². The van der Waals surface area contributed by atoms with E-state index in [1.54, 1.807) is 0 Å². The Balaban J connectivity index is 1.99. The smallest absolute Gasteiger partial charge is 0.238 e. The Hall–Kier alpha value is -1.39. The van der Waals surface area contributed by atoms with Gasteiger partial charge in [-0.15, -0.1) is 0 Å². The van der Waals surface area contributed by atoms with Crippen LogP contribution in [0.2, 0.25) is 0 Å². The normalized spacial score (nSPS) is 22.8. The molecule has 1 saturated heterocycles. The molecule has 1 amide bonds. The van der Waals surface area contributed by atoms with E-state index in [0.29, 0.717) is 13.1 Å². The summed E-state index contributed by atoms with van der Waals surface area (Å²) in [5, 5.41) is 3.08. The molecule has 0 saturated carbocycles. The van der Waals surface area contributed by atoms with Gasteiger partial charge in [0.2, 0.25) is 5.91 Å². The minimum Gasteiger partial charge on any atom is -0.330 e. The predicted molar refractivity (Wildman–Crippen MR) is 92.0 cm³/mol. The van der Waals surface area contributed by atoms with Crippen LogP contribution in [0.3, 0.4) is 0 Å². The molecule has 0 aromatic heterocycles. The summed E-state index contributed by atoms with van der Waals surface area (Å²) in [5.41, 5.74) is 8.07. The summed E-state index contributed by atoms with van der Waals surface area (Å²) in [4.78, 5) is 14.6. The molecule has 4 nitrogen and oxygen atoms in total. The summed E-state index contributed by atoms with van der Waals surface area (Å²) in [6.07, 6.45) is 1.06. The van der Waals surface area contributed by atoms with Crippen molar-refractivity contribution in [3.05, 3.63) is 29.8 Å². The molecule has 0 radical (unpaired) electrons. The highest BCUT2D eigenvalue weighted by Crippen LogP contribution is 2.30. The van der Waals surface area contributed by atoms with Gasteiger partial charge in [-0.3, -0.25) is 9.69 Å². The van der Waals surface area contributed by atoms with Crippen molar-refractivity contribution >= 4 is 11.6 Å². The van der Waals surface area contributed by atoms with Gasteiger partial charge in [0.1, 0.15) is 0 Å². The van der Waals surface area contributed by atoms with Crippen LogP contribution in [0, 0.1) is 5.41 Å². The maximum absolute atomic E-state index is 12.4. The van der Waals surface area contributed by atoms with Crippen LogP contribution in [0.1, 0.15) is 39.7 Å². The molecule has 122 valence electrons. The lowest BCUT2D eigenvalue weighted by molar-refractivity contribution is -0.117. The fourth-order valence-electron chi connectivity index (χ4n) is 3.07. The summed E-state index contributed by atoms with van der Waals surface area (Å²) < 4.78 is 0. The first-order valence-electron chi connectivity index (χ1n) is 8.05. The number of amides is 1. The minimum atomic E-state index is 0.00956. The van der Waals surface area contributed by atoms with Crippen LogP contribution in [0.4, 0.5) is 5.69 Å². The second kappa shape index (κ2) is 6.39. The zero-order valence-corrected chi connectivity index (χ0v) is 14.3.